The first kappa shape index (κ1) is 23.6. The van der Waals surface area contributed by atoms with Crippen molar-refractivity contribution < 1.29 is 19.1 Å². The largest absolute Gasteiger partial charge is 0.493 e. The van der Waals surface area contributed by atoms with Crippen LogP contribution in [0.5, 0.6) is 17.2 Å². The minimum absolute atomic E-state index is 0.0231. The molecule has 0 radical (unpaired) electrons. The van der Waals surface area contributed by atoms with Gasteiger partial charge in [0.05, 0.1) is 37.1 Å². The van der Waals surface area contributed by atoms with Crippen molar-refractivity contribution in [3.05, 3.63) is 88.0 Å². The molecular weight excluding hydrogens is 422 g/mol. The first-order valence-electron chi connectivity index (χ1n) is 10.7. The maximum Gasteiger partial charge on any atom is 0.269 e. The quantitative estimate of drug-likeness (QED) is 0.171. The van der Waals surface area contributed by atoms with Crippen LogP contribution in [0.4, 0.5) is 11.4 Å². The third kappa shape index (κ3) is 6.96. The smallest absolute Gasteiger partial charge is 0.269 e. The van der Waals surface area contributed by atoms with E-state index in [0.29, 0.717) is 36.8 Å². The van der Waals surface area contributed by atoms with Crippen molar-refractivity contribution in [1.29, 1.82) is 0 Å². The summed E-state index contributed by atoms with van der Waals surface area (Å²) in [7, 11) is 1.58. The Labute approximate surface area is 193 Å². The molecule has 3 aromatic carbocycles. The topological polar surface area (TPSA) is 95.2 Å². The van der Waals surface area contributed by atoms with Crippen LogP contribution in [0, 0.1) is 10.1 Å². The van der Waals surface area contributed by atoms with Crippen molar-refractivity contribution in [3.63, 3.8) is 0 Å². The molecule has 3 rings (SSSR count). The molecule has 0 saturated heterocycles. The van der Waals surface area contributed by atoms with Crippen LogP contribution in [0.1, 0.15) is 24.5 Å². The molecule has 0 heterocycles. The molecule has 33 heavy (non-hydrogen) atoms. The van der Waals surface area contributed by atoms with Gasteiger partial charge < -0.3 is 14.2 Å². The summed E-state index contributed by atoms with van der Waals surface area (Å²) in [5.74, 6) is 2.03. The summed E-state index contributed by atoms with van der Waals surface area (Å²) in [5.41, 5.74) is 5.52. The number of rotatable bonds is 12. The Bertz CT molecular complexity index is 1070. The van der Waals surface area contributed by atoms with E-state index >= 15 is 0 Å². The van der Waals surface area contributed by atoms with Gasteiger partial charge >= 0.3 is 0 Å². The number of hydrogen-bond acceptors (Lipinski definition) is 7. The molecule has 3 aromatic rings. The van der Waals surface area contributed by atoms with Gasteiger partial charge in [-0.1, -0.05) is 25.1 Å². The number of nitro groups is 1. The lowest BCUT2D eigenvalue weighted by Gasteiger charge is -2.13. The maximum absolute atomic E-state index is 10.8. The Morgan fingerprint density at radius 2 is 1.73 bits per heavy atom. The third-order valence-electron chi connectivity index (χ3n) is 4.84. The van der Waals surface area contributed by atoms with Crippen molar-refractivity contribution in [1.82, 2.24) is 0 Å². The van der Waals surface area contributed by atoms with E-state index in [1.165, 1.54) is 17.7 Å². The summed E-state index contributed by atoms with van der Waals surface area (Å²) >= 11 is 0. The van der Waals surface area contributed by atoms with Gasteiger partial charge in [-0.15, -0.1) is 0 Å². The van der Waals surface area contributed by atoms with Crippen molar-refractivity contribution >= 4 is 17.6 Å². The highest BCUT2D eigenvalue weighted by atomic mass is 16.6. The average Bonchev–Trinajstić information content (AvgIpc) is 2.85. The van der Waals surface area contributed by atoms with Crippen LogP contribution in [0.15, 0.2) is 71.8 Å². The summed E-state index contributed by atoms with van der Waals surface area (Å²) in [6.07, 6.45) is 3.32. The van der Waals surface area contributed by atoms with Gasteiger partial charge in [0.2, 0.25) is 0 Å². The molecule has 1 N–H and O–H groups in total. The predicted octanol–water partition coefficient (Wildman–Crippen LogP) is 5.46. The zero-order valence-electron chi connectivity index (χ0n) is 18.7. The predicted molar refractivity (Wildman–Crippen MR) is 129 cm³/mol. The fraction of sp³-hybridized carbons (Fsp3) is 0.240. The van der Waals surface area contributed by atoms with Crippen LogP contribution in [0.25, 0.3) is 0 Å². The Morgan fingerprint density at radius 3 is 2.39 bits per heavy atom. The summed E-state index contributed by atoms with van der Waals surface area (Å²) in [5, 5.41) is 15.0. The number of nitro benzene ring substituents is 1. The Hall–Kier alpha value is -4.07. The van der Waals surface area contributed by atoms with Gasteiger partial charge in [-0.2, -0.15) is 5.10 Å². The Morgan fingerprint density at radius 1 is 1.00 bits per heavy atom. The number of ether oxygens (including phenoxy) is 3. The zero-order chi connectivity index (χ0) is 23.5. The van der Waals surface area contributed by atoms with Crippen LogP contribution >= 0.6 is 0 Å². The lowest BCUT2D eigenvalue weighted by atomic mass is 10.2. The highest BCUT2D eigenvalue weighted by Crippen LogP contribution is 2.30. The first-order valence-corrected chi connectivity index (χ1v) is 10.7. The van der Waals surface area contributed by atoms with E-state index in [2.05, 4.69) is 29.6 Å². The van der Waals surface area contributed by atoms with Gasteiger partial charge in [0.1, 0.15) is 5.75 Å². The number of aryl methyl sites for hydroxylation is 1. The van der Waals surface area contributed by atoms with Crippen LogP contribution in [-0.2, 0) is 6.42 Å². The lowest BCUT2D eigenvalue weighted by Crippen LogP contribution is -2.07. The zero-order valence-corrected chi connectivity index (χ0v) is 18.7. The molecule has 0 aliphatic carbocycles. The number of non-ortho nitro benzene ring substituents is 1. The van der Waals surface area contributed by atoms with Gasteiger partial charge in [0.25, 0.3) is 5.69 Å². The molecule has 0 unspecified atom stereocenters. The first-order chi connectivity index (χ1) is 16.1. The number of nitrogens with one attached hydrogen (secondary N) is 1. The second-order valence-electron chi connectivity index (χ2n) is 7.10. The maximum atomic E-state index is 10.8. The fourth-order valence-corrected chi connectivity index (χ4v) is 3.03. The van der Waals surface area contributed by atoms with E-state index < -0.39 is 4.92 Å². The van der Waals surface area contributed by atoms with E-state index in [1.807, 2.05) is 30.3 Å². The van der Waals surface area contributed by atoms with Gasteiger partial charge in [0, 0.05) is 24.1 Å². The second-order valence-corrected chi connectivity index (χ2v) is 7.10. The van der Waals surface area contributed by atoms with Crippen molar-refractivity contribution in [2.75, 3.05) is 25.7 Å². The molecule has 0 atom stereocenters. The van der Waals surface area contributed by atoms with Crippen molar-refractivity contribution in [2.45, 2.75) is 19.8 Å². The van der Waals surface area contributed by atoms with E-state index in [9.17, 15) is 10.1 Å². The molecule has 0 amide bonds. The van der Waals surface area contributed by atoms with Crippen LogP contribution < -0.4 is 19.6 Å². The molecule has 0 aromatic heterocycles. The van der Waals surface area contributed by atoms with Gasteiger partial charge in [-0.3, -0.25) is 15.5 Å². The van der Waals surface area contributed by atoms with Crippen molar-refractivity contribution in [3.8, 4) is 17.2 Å². The number of hydrazone groups is 1. The summed E-state index contributed by atoms with van der Waals surface area (Å²) < 4.78 is 17.2. The molecule has 172 valence electrons. The number of benzene rings is 3. The molecule has 8 heteroatoms. The number of methoxy groups -OCH3 is 1. The number of nitrogens with zero attached hydrogens (tertiary/aromatic N) is 2. The molecular formula is C25H27N3O5. The fourth-order valence-electron chi connectivity index (χ4n) is 3.03. The van der Waals surface area contributed by atoms with Gasteiger partial charge in [-0.05, 0) is 48.4 Å². The van der Waals surface area contributed by atoms with Gasteiger partial charge in [-0.25, -0.2) is 0 Å². The highest BCUT2D eigenvalue weighted by Gasteiger charge is 2.09. The van der Waals surface area contributed by atoms with Gasteiger partial charge in [0.15, 0.2) is 11.5 Å². The molecule has 0 bridgehead atoms. The number of anilines is 1. The van der Waals surface area contributed by atoms with Crippen LogP contribution in [0.3, 0.4) is 0 Å². The van der Waals surface area contributed by atoms with Crippen molar-refractivity contribution in [2.24, 2.45) is 5.10 Å². The third-order valence-corrected chi connectivity index (χ3v) is 4.84. The minimum atomic E-state index is -0.444. The van der Waals surface area contributed by atoms with E-state index in [0.717, 1.165) is 17.7 Å². The molecule has 8 nitrogen and oxygen atoms in total. The van der Waals surface area contributed by atoms with E-state index in [-0.39, 0.29) is 5.69 Å². The lowest BCUT2D eigenvalue weighted by molar-refractivity contribution is -0.384. The monoisotopic (exact) mass is 449 g/mol. The van der Waals surface area contributed by atoms with E-state index in [4.69, 9.17) is 14.2 Å². The molecule has 0 aliphatic rings. The molecule has 0 aliphatic heterocycles. The molecule has 0 saturated carbocycles. The SMILES string of the molecule is CCc1ccc(OCCCOc2c(C=NNc3ccc([N+](=O)[O-])cc3)cccc2OC)cc1. The molecule has 0 fully saturated rings. The minimum Gasteiger partial charge on any atom is -0.493 e. The molecule has 0 spiro atoms. The number of para-hydroxylation sites is 1. The summed E-state index contributed by atoms with van der Waals surface area (Å²) in [6, 6.07) is 19.6. The standard InChI is InChI=1S/C25H27N3O5/c1-3-19-8-14-23(15-9-19)32-16-5-17-33-25-20(6-4-7-24(25)31-2)18-26-27-21-10-12-22(13-11-21)28(29)30/h4,6-15,18,27H,3,5,16-17H2,1-2H3. The summed E-state index contributed by atoms with van der Waals surface area (Å²) in [4.78, 5) is 10.3. The summed E-state index contributed by atoms with van der Waals surface area (Å²) in [6.45, 7) is 3.10. The van der Waals surface area contributed by atoms with Crippen LogP contribution in [0.2, 0.25) is 0 Å². The van der Waals surface area contributed by atoms with E-state index in [1.54, 1.807) is 25.5 Å². The Kier molecular flexibility index (Phi) is 8.64. The average molecular weight is 450 g/mol. The Balaban J connectivity index is 1.55. The second kappa shape index (κ2) is 12.1. The highest BCUT2D eigenvalue weighted by molar-refractivity contribution is 5.85. The van der Waals surface area contributed by atoms with Crippen LogP contribution in [-0.4, -0.2) is 31.5 Å². The normalized spacial score (nSPS) is 10.7. The number of hydrogen-bond donors (Lipinski definition) is 1.